The van der Waals surface area contributed by atoms with Crippen molar-refractivity contribution in [3.05, 3.63) is 17.5 Å². The summed E-state index contributed by atoms with van der Waals surface area (Å²) in [6.45, 7) is 7.23. The number of morpholine rings is 1. The Balaban J connectivity index is 1.38. The number of likely N-dealkylation sites (N-methyl/N-ethyl adjacent to an activating group) is 1. The summed E-state index contributed by atoms with van der Waals surface area (Å²) in [5, 5.41) is 4.43. The van der Waals surface area contributed by atoms with E-state index in [1.807, 2.05) is 32.7 Å². The number of likely N-dealkylation sites (tertiary alicyclic amines) is 1. The maximum absolute atomic E-state index is 12.6. The minimum absolute atomic E-state index is 0.106. The van der Waals surface area contributed by atoms with Gasteiger partial charge in [-0.3, -0.25) is 19.3 Å². The molecule has 1 unspecified atom stereocenters. The van der Waals surface area contributed by atoms with Gasteiger partial charge in [0, 0.05) is 53.9 Å². The summed E-state index contributed by atoms with van der Waals surface area (Å²) in [6.07, 6.45) is 2.61. The van der Waals surface area contributed by atoms with Gasteiger partial charge in [-0.1, -0.05) is 0 Å². The van der Waals surface area contributed by atoms with E-state index in [1.165, 1.54) is 18.5 Å². The minimum Gasteiger partial charge on any atom is -0.369 e. The van der Waals surface area contributed by atoms with Crippen molar-refractivity contribution in [2.75, 3.05) is 46.9 Å². The number of aryl methyl sites for hydroxylation is 2. The molecule has 3 heterocycles. The Morgan fingerprint density at radius 1 is 1.35 bits per heavy atom. The maximum atomic E-state index is 12.6. The summed E-state index contributed by atoms with van der Waals surface area (Å²) in [7, 11) is 5.68. The molecule has 0 aromatic carbocycles. The van der Waals surface area contributed by atoms with Crippen LogP contribution in [0.15, 0.2) is 6.07 Å². The van der Waals surface area contributed by atoms with Crippen LogP contribution in [0.1, 0.15) is 24.2 Å². The molecule has 1 aliphatic carbocycles. The molecule has 7 nitrogen and oxygen atoms in total. The van der Waals surface area contributed by atoms with Crippen LogP contribution in [0.4, 0.5) is 0 Å². The molecule has 0 N–H and O–H groups in total. The number of hydrogen-bond donors (Lipinski definition) is 0. The molecule has 144 valence electrons. The molecule has 0 bridgehead atoms. The second-order valence-electron chi connectivity index (χ2n) is 8.66. The smallest absolute Gasteiger partial charge is 0.241 e. The summed E-state index contributed by atoms with van der Waals surface area (Å²) in [5.41, 5.74) is 2.20. The molecule has 1 atom stereocenters. The van der Waals surface area contributed by atoms with Gasteiger partial charge in [-0.2, -0.15) is 5.10 Å². The molecule has 1 spiro atoms. The van der Waals surface area contributed by atoms with Crippen LogP contribution in [0.3, 0.4) is 0 Å². The fourth-order valence-corrected chi connectivity index (χ4v) is 4.35. The van der Waals surface area contributed by atoms with E-state index in [0.29, 0.717) is 6.61 Å². The average Bonchev–Trinajstić information content (AvgIpc) is 3.30. The molecule has 0 radical (unpaired) electrons. The summed E-state index contributed by atoms with van der Waals surface area (Å²) in [6, 6.07) is 2.03. The lowest BCUT2D eigenvalue weighted by Crippen LogP contribution is -2.72. The Kier molecular flexibility index (Phi) is 4.57. The maximum Gasteiger partial charge on any atom is 0.241 e. The van der Waals surface area contributed by atoms with Gasteiger partial charge in [-0.25, -0.2) is 0 Å². The summed E-state index contributed by atoms with van der Waals surface area (Å²) in [4.78, 5) is 19.1. The van der Waals surface area contributed by atoms with Crippen molar-refractivity contribution in [1.29, 1.82) is 0 Å². The largest absolute Gasteiger partial charge is 0.369 e. The van der Waals surface area contributed by atoms with Gasteiger partial charge < -0.3 is 9.64 Å². The fourth-order valence-electron chi connectivity index (χ4n) is 4.35. The van der Waals surface area contributed by atoms with Crippen LogP contribution in [0.2, 0.25) is 0 Å². The number of ether oxygens (including phenoxy) is 1. The zero-order chi connectivity index (χ0) is 18.5. The van der Waals surface area contributed by atoms with Gasteiger partial charge in [-0.15, -0.1) is 0 Å². The third-order valence-corrected chi connectivity index (χ3v) is 5.90. The SMILES string of the molecule is Cc1cc(CN2CC3(C2)CN(CC2CC2)C(C(=O)N(C)C)CO3)n(C)n1. The average molecular weight is 361 g/mol. The van der Waals surface area contributed by atoms with Gasteiger partial charge >= 0.3 is 0 Å². The second-order valence-corrected chi connectivity index (χ2v) is 8.66. The second kappa shape index (κ2) is 6.62. The first-order valence-electron chi connectivity index (χ1n) is 9.66. The van der Waals surface area contributed by atoms with Gasteiger partial charge in [0.2, 0.25) is 5.91 Å². The monoisotopic (exact) mass is 361 g/mol. The normalized spacial score (nSPS) is 26.1. The number of amides is 1. The molecule has 1 saturated carbocycles. The number of rotatable bonds is 5. The van der Waals surface area contributed by atoms with Crippen molar-refractivity contribution in [3.8, 4) is 0 Å². The first-order valence-corrected chi connectivity index (χ1v) is 9.66. The Morgan fingerprint density at radius 2 is 2.08 bits per heavy atom. The van der Waals surface area contributed by atoms with Crippen LogP contribution in [0.5, 0.6) is 0 Å². The Labute approximate surface area is 155 Å². The van der Waals surface area contributed by atoms with Crippen molar-refractivity contribution in [3.63, 3.8) is 0 Å². The van der Waals surface area contributed by atoms with Crippen molar-refractivity contribution in [2.24, 2.45) is 13.0 Å². The van der Waals surface area contributed by atoms with E-state index >= 15 is 0 Å². The van der Waals surface area contributed by atoms with Crippen molar-refractivity contribution >= 4 is 5.91 Å². The lowest BCUT2D eigenvalue weighted by atomic mass is 9.90. The molecular weight excluding hydrogens is 330 g/mol. The van der Waals surface area contributed by atoms with Gasteiger partial charge in [0.15, 0.2) is 0 Å². The van der Waals surface area contributed by atoms with Gasteiger partial charge in [0.1, 0.15) is 11.6 Å². The molecular formula is C19H31N5O2. The van der Waals surface area contributed by atoms with Crippen LogP contribution in [-0.4, -0.2) is 88.9 Å². The molecule has 1 amide bonds. The van der Waals surface area contributed by atoms with Crippen molar-refractivity contribution in [1.82, 2.24) is 24.5 Å². The highest BCUT2D eigenvalue weighted by atomic mass is 16.5. The molecule has 4 rings (SSSR count). The lowest BCUT2D eigenvalue weighted by Gasteiger charge is -2.55. The molecule has 2 saturated heterocycles. The Bertz CT molecular complexity index is 675. The number of aromatic nitrogens is 2. The van der Waals surface area contributed by atoms with Crippen molar-refractivity contribution in [2.45, 2.75) is 38.0 Å². The van der Waals surface area contributed by atoms with E-state index in [0.717, 1.165) is 44.3 Å². The third kappa shape index (κ3) is 3.52. The third-order valence-electron chi connectivity index (χ3n) is 5.90. The molecule has 1 aromatic rings. The fraction of sp³-hybridized carbons (Fsp3) is 0.789. The van der Waals surface area contributed by atoms with Crippen LogP contribution >= 0.6 is 0 Å². The Morgan fingerprint density at radius 3 is 2.65 bits per heavy atom. The predicted octanol–water partition coefficient (Wildman–Crippen LogP) is 0.482. The minimum atomic E-state index is -0.120. The van der Waals surface area contributed by atoms with E-state index in [2.05, 4.69) is 21.0 Å². The highest BCUT2D eigenvalue weighted by Crippen LogP contribution is 2.36. The van der Waals surface area contributed by atoms with Gasteiger partial charge in [-0.05, 0) is 31.7 Å². The van der Waals surface area contributed by atoms with E-state index in [-0.39, 0.29) is 17.6 Å². The molecule has 1 aromatic heterocycles. The molecule has 7 heteroatoms. The zero-order valence-electron chi connectivity index (χ0n) is 16.4. The van der Waals surface area contributed by atoms with E-state index in [9.17, 15) is 4.79 Å². The van der Waals surface area contributed by atoms with E-state index in [1.54, 1.807) is 4.90 Å². The number of nitrogens with zero attached hydrogens (tertiary/aromatic N) is 5. The summed E-state index contributed by atoms with van der Waals surface area (Å²) >= 11 is 0. The van der Waals surface area contributed by atoms with Crippen LogP contribution in [0, 0.1) is 12.8 Å². The lowest BCUT2D eigenvalue weighted by molar-refractivity contribution is -0.205. The van der Waals surface area contributed by atoms with E-state index in [4.69, 9.17) is 4.74 Å². The zero-order valence-corrected chi connectivity index (χ0v) is 16.4. The highest BCUT2D eigenvalue weighted by molar-refractivity contribution is 5.81. The molecule has 26 heavy (non-hydrogen) atoms. The van der Waals surface area contributed by atoms with E-state index < -0.39 is 0 Å². The highest BCUT2D eigenvalue weighted by Gasteiger charge is 2.51. The summed E-state index contributed by atoms with van der Waals surface area (Å²) in [5.74, 6) is 0.943. The van der Waals surface area contributed by atoms with Gasteiger partial charge in [0.05, 0.1) is 18.0 Å². The first-order chi connectivity index (χ1) is 12.3. The predicted molar refractivity (Wildman–Crippen MR) is 98.7 cm³/mol. The quantitative estimate of drug-likeness (QED) is 0.764. The van der Waals surface area contributed by atoms with Crippen molar-refractivity contribution < 1.29 is 9.53 Å². The van der Waals surface area contributed by atoms with Gasteiger partial charge in [0.25, 0.3) is 0 Å². The number of carbonyl (C=O) groups excluding carboxylic acids is 1. The first kappa shape index (κ1) is 17.9. The summed E-state index contributed by atoms with van der Waals surface area (Å²) < 4.78 is 8.23. The molecule has 3 aliphatic rings. The van der Waals surface area contributed by atoms with Crippen LogP contribution in [0.25, 0.3) is 0 Å². The van der Waals surface area contributed by atoms with Crippen LogP contribution < -0.4 is 0 Å². The number of carbonyl (C=O) groups is 1. The number of hydrogen-bond acceptors (Lipinski definition) is 5. The van der Waals surface area contributed by atoms with Crippen LogP contribution in [-0.2, 0) is 23.1 Å². The molecule has 3 fully saturated rings. The Hall–Kier alpha value is -1.44. The molecule has 2 aliphatic heterocycles. The topological polar surface area (TPSA) is 53.8 Å². The standard InChI is InChI=1S/C19H31N5O2/c1-14-7-16(22(4)20-14)9-23-11-19(12-23)13-24(8-15-5-6-15)17(10-26-19)18(25)21(2)3/h7,15,17H,5-6,8-13H2,1-4H3.